The fourth-order valence-corrected chi connectivity index (χ4v) is 9.13. The second-order valence-electron chi connectivity index (χ2n) is 12.8. The van der Waals surface area contributed by atoms with E-state index >= 15 is 8.78 Å². The van der Waals surface area contributed by atoms with Crippen molar-refractivity contribution in [1.82, 2.24) is 14.9 Å². The van der Waals surface area contributed by atoms with E-state index in [1.165, 1.54) is 5.57 Å². The molecule has 2 aromatic rings. The lowest BCUT2D eigenvalue weighted by Crippen LogP contribution is -2.78. The van der Waals surface area contributed by atoms with Gasteiger partial charge in [-0.1, -0.05) is 19.1 Å². The molecule has 3 heterocycles. The van der Waals surface area contributed by atoms with Crippen LogP contribution in [0.5, 0.6) is 0 Å². The Morgan fingerprint density at radius 3 is 2.70 bits per heavy atom. The Morgan fingerprint density at radius 2 is 1.92 bits per heavy atom. The van der Waals surface area contributed by atoms with Crippen LogP contribution >= 0.6 is 0 Å². The van der Waals surface area contributed by atoms with Crippen molar-refractivity contribution in [2.24, 2.45) is 11.3 Å². The summed E-state index contributed by atoms with van der Waals surface area (Å²) >= 11 is 0. The second kappa shape index (κ2) is 7.34. The van der Waals surface area contributed by atoms with Gasteiger partial charge in [0, 0.05) is 30.0 Å². The van der Waals surface area contributed by atoms with Gasteiger partial charge in [-0.15, -0.1) is 0 Å². The molecule has 5 aliphatic rings. The third-order valence-electron chi connectivity index (χ3n) is 11.1. The molecule has 7 rings (SSSR count). The van der Waals surface area contributed by atoms with Crippen LogP contribution < -0.4 is 0 Å². The van der Waals surface area contributed by atoms with Crippen molar-refractivity contribution in [2.75, 3.05) is 14.1 Å². The van der Waals surface area contributed by atoms with Crippen LogP contribution in [-0.4, -0.2) is 80.0 Å². The molecule has 2 spiro atoms. The molecule has 1 aromatic heterocycles. The van der Waals surface area contributed by atoms with E-state index in [0.717, 1.165) is 16.5 Å². The number of fused-ring (bicyclic) bond motifs is 2. The Kier molecular flexibility index (Phi) is 4.78. The van der Waals surface area contributed by atoms with E-state index in [9.17, 15) is 10.2 Å². The highest BCUT2D eigenvalue weighted by Crippen LogP contribution is 2.74. The molecule has 37 heavy (non-hydrogen) atoms. The number of hydrogen-bond donors (Lipinski definition) is 2. The van der Waals surface area contributed by atoms with Crippen LogP contribution in [0.15, 0.2) is 36.8 Å². The number of rotatable bonds is 2. The van der Waals surface area contributed by atoms with Crippen molar-refractivity contribution >= 4 is 16.5 Å². The molecule has 0 radical (unpaired) electrons. The molecule has 0 amide bonds. The number of aliphatic hydroxyl groups is 2. The average molecular weight is 512 g/mol. The predicted octanol–water partition coefficient (Wildman–Crippen LogP) is 4.00. The number of aromatic nitrogens is 2. The maximum absolute atomic E-state index is 17.2. The monoisotopic (exact) mass is 511 g/mol. The first-order valence-electron chi connectivity index (χ1n) is 13.5. The Balaban J connectivity index is 1.29. The third-order valence-corrected chi connectivity index (χ3v) is 11.1. The van der Waals surface area contributed by atoms with Crippen LogP contribution in [0.1, 0.15) is 57.4 Å². The number of halogens is 2. The smallest absolute Gasteiger partial charge is 0.171 e. The average Bonchev–Trinajstić information content (AvgIpc) is 3.42. The van der Waals surface area contributed by atoms with Crippen LogP contribution in [-0.2, 0) is 4.74 Å². The van der Waals surface area contributed by atoms with Crippen LogP contribution in [0.25, 0.3) is 16.5 Å². The second-order valence-corrected chi connectivity index (χ2v) is 12.8. The zero-order chi connectivity index (χ0) is 26.0. The molecule has 2 saturated heterocycles. The van der Waals surface area contributed by atoms with E-state index in [0.29, 0.717) is 25.7 Å². The minimum Gasteiger partial charge on any atom is -0.389 e. The first-order valence-corrected chi connectivity index (χ1v) is 13.5. The standard InChI is InChI=1S/C29H35F2N3O3/c1-25-8-9-26(30)15-28(31)24(36)23(35)21(34(2)3)13-27(28)10-11-29(26,37-27)22(25)7-5-19(25)17-4-6-20-18(12-17)14-32-16-33-20/h4-6,12,14,16,21-24,35-36H,7-11,13,15H2,1-3H3. The van der Waals surface area contributed by atoms with Gasteiger partial charge in [-0.05, 0) is 81.3 Å². The van der Waals surface area contributed by atoms with Crippen molar-refractivity contribution in [1.29, 1.82) is 0 Å². The highest BCUT2D eigenvalue weighted by molar-refractivity contribution is 5.84. The summed E-state index contributed by atoms with van der Waals surface area (Å²) in [5.41, 5.74) is -3.83. The Labute approximate surface area is 215 Å². The number of alkyl halides is 2. The van der Waals surface area contributed by atoms with E-state index in [1.807, 2.05) is 31.3 Å². The summed E-state index contributed by atoms with van der Waals surface area (Å²) in [6, 6.07) is 5.72. The lowest BCUT2D eigenvalue weighted by Gasteiger charge is -2.65. The molecule has 9 unspecified atom stereocenters. The van der Waals surface area contributed by atoms with Crippen LogP contribution in [0, 0.1) is 11.3 Å². The Bertz CT molecular complexity index is 1320. The van der Waals surface area contributed by atoms with Gasteiger partial charge in [-0.2, -0.15) is 0 Å². The first kappa shape index (κ1) is 24.1. The molecule has 198 valence electrons. The number of nitrogens with zero attached hydrogens (tertiary/aromatic N) is 3. The topological polar surface area (TPSA) is 78.7 Å². The Hall–Kier alpha value is -2.00. The van der Waals surface area contributed by atoms with Crippen LogP contribution in [0.2, 0.25) is 0 Å². The lowest BCUT2D eigenvalue weighted by molar-refractivity contribution is -0.347. The van der Waals surface area contributed by atoms with Gasteiger partial charge in [0.15, 0.2) is 5.67 Å². The molecule has 9 atom stereocenters. The largest absolute Gasteiger partial charge is 0.389 e. The van der Waals surface area contributed by atoms with E-state index in [-0.39, 0.29) is 24.2 Å². The molecule has 2 aliphatic heterocycles. The van der Waals surface area contributed by atoms with Crippen molar-refractivity contribution in [3.8, 4) is 0 Å². The zero-order valence-corrected chi connectivity index (χ0v) is 21.6. The molecule has 1 aromatic carbocycles. The predicted molar refractivity (Wildman–Crippen MR) is 135 cm³/mol. The maximum atomic E-state index is 17.2. The summed E-state index contributed by atoms with van der Waals surface area (Å²) in [6.45, 7) is 2.21. The van der Waals surface area contributed by atoms with Gasteiger partial charge in [0.25, 0.3) is 0 Å². The van der Waals surface area contributed by atoms with E-state index in [2.05, 4.69) is 35.1 Å². The number of aliphatic hydroxyl groups excluding tert-OH is 2. The normalized spacial score (nSPS) is 48.5. The zero-order valence-electron chi connectivity index (χ0n) is 21.6. The third kappa shape index (κ3) is 2.78. The molecule has 2 N–H and O–H groups in total. The van der Waals surface area contributed by atoms with Crippen LogP contribution in [0.3, 0.4) is 0 Å². The fourth-order valence-electron chi connectivity index (χ4n) is 9.13. The highest BCUT2D eigenvalue weighted by atomic mass is 19.2. The Morgan fingerprint density at radius 1 is 1.11 bits per heavy atom. The minimum absolute atomic E-state index is 0.137. The molecule has 8 heteroatoms. The molecule has 6 nitrogen and oxygen atoms in total. The quantitative estimate of drug-likeness (QED) is 0.635. The molecular formula is C29H35F2N3O3. The highest BCUT2D eigenvalue weighted by Gasteiger charge is 2.82. The van der Waals surface area contributed by atoms with Gasteiger partial charge in [-0.3, -0.25) is 0 Å². The van der Waals surface area contributed by atoms with Crippen LogP contribution in [0.4, 0.5) is 8.78 Å². The van der Waals surface area contributed by atoms with Crippen molar-refractivity contribution in [3.05, 3.63) is 42.4 Å². The summed E-state index contributed by atoms with van der Waals surface area (Å²) in [5, 5.41) is 22.8. The first-order chi connectivity index (χ1) is 17.5. The maximum Gasteiger partial charge on any atom is 0.171 e. The number of ether oxygens (including phenoxy) is 1. The summed E-state index contributed by atoms with van der Waals surface area (Å²) < 4.78 is 40.9. The number of hydrogen-bond acceptors (Lipinski definition) is 6. The van der Waals surface area contributed by atoms with E-state index in [1.54, 1.807) is 6.33 Å². The summed E-state index contributed by atoms with van der Waals surface area (Å²) in [5.74, 6) is -0.137. The van der Waals surface area contributed by atoms with E-state index in [4.69, 9.17) is 4.74 Å². The summed E-state index contributed by atoms with van der Waals surface area (Å²) in [6.07, 6.45) is 4.56. The van der Waals surface area contributed by atoms with Gasteiger partial charge in [0.2, 0.25) is 0 Å². The lowest BCUT2D eigenvalue weighted by atomic mass is 9.51. The van der Waals surface area contributed by atoms with Gasteiger partial charge in [0.05, 0.1) is 11.6 Å². The number of benzene rings is 1. The summed E-state index contributed by atoms with van der Waals surface area (Å²) in [4.78, 5) is 10.3. The van der Waals surface area contributed by atoms with Gasteiger partial charge in [-0.25, -0.2) is 18.7 Å². The van der Waals surface area contributed by atoms with Crippen molar-refractivity contribution in [3.63, 3.8) is 0 Å². The summed E-state index contributed by atoms with van der Waals surface area (Å²) in [7, 11) is 3.63. The molecule has 4 fully saturated rings. The number of likely N-dealkylation sites (N-methyl/N-ethyl adjacent to an activating group) is 1. The van der Waals surface area contributed by atoms with Gasteiger partial charge in [0.1, 0.15) is 29.3 Å². The fraction of sp³-hybridized carbons (Fsp3) is 0.655. The molecule has 2 saturated carbocycles. The number of allylic oxidation sites excluding steroid dienone is 2. The minimum atomic E-state index is -2.32. The van der Waals surface area contributed by atoms with Crippen molar-refractivity contribution in [2.45, 2.75) is 92.7 Å². The van der Waals surface area contributed by atoms with Gasteiger partial charge >= 0.3 is 0 Å². The molecule has 2 bridgehead atoms. The van der Waals surface area contributed by atoms with Crippen molar-refractivity contribution < 1.29 is 23.7 Å². The SMILES string of the molecule is CN(C)C1CC23CCC4(O2)C2CC=C(c5ccc6ncncc6c5)C2(C)CCC4(F)CC3(F)C(O)C1O. The molecule has 3 aliphatic carbocycles. The van der Waals surface area contributed by atoms with E-state index < -0.39 is 47.2 Å². The van der Waals surface area contributed by atoms with Gasteiger partial charge < -0.3 is 19.8 Å². The molecular weight excluding hydrogens is 476 g/mol.